The summed E-state index contributed by atoms with van der Waals surface area (Å²) in [5.74, 6) is -0.00631. The Bertz CT molecular complexity index is 682. The molecule has 6 nitrogen and oxygen atoms in total. The molecule has 3 amide bonds. The number of carbonyl (C=O) groups is 3. The van der Waals surface area contributed by atoms with Crippen molar-refractivity contribution in [1.29, 1.82) is 0 Å². The maximum atomic E-state index is 12.2. The second kappa shape index (κ2) is 6.67. The molecule has 0 radical (unpaired) electrons. The van der Waals surface area contributed by atoms with Crippen LogP contribution in [0.15, 0.2) is 27.4 Å². The molecule has 3 heterocycles. The van der Waals surface area contributed by atoms with Gasteiger partial charge in [0.15, 0.2) is 5.17 Å². The number of imide groups is 1. The Labute approximate surface area is 139 Å². The van der Waals surface area contributed by atoms with Crippen LogP contribution in [0, 0.1) is 0 Å². The summed E-state index contributed by atoms with van der Waals surface area (Å²) in [6.07, 6.45) is 1.67. The van der Waals surface area contributed by atoms with Crippen LogP contribution < -0.4 is 5.32 Å². The summed E-state index contributed by atoms with van der Waals surface area (Å²) in [5.41, 5.74) is 0. The number of nitrogens with zero attached hydrogens (tertiary/aromatic N) is 2. The largest absolute Gasteiger partial charge is 0.304 e. The number of thioether (sulfide) groups is 2. The highest BCUT2D eigenvalue weighted by molar-refractivity contribution is 8.18. The first-order chi connectivity index (χ1) is 10.6. The molecule has 1 fully saturated rings. The van der Waals surface area contributed by atoms with Gasteiger partial charge in [-0.1, -0.05) is 17.8 Å². The minimum Gasteiger partial charge on any atom is -0.304 e. The molecule has 0 unspecified atom stereocenters. The lowest BCUT2D eigenvalue weighted by atomic mass is 10.3. The van der Waals surface area contributed by atoms with Crippen molar-refractivity contribution in [2.24, 2.45) is 4.99 Å². The Kier molecular flexibility index (Phi) is 4.65. The van der Waals surface area contributed by atoms with Crippen molar-refractivity contribution in [3.8, 4) is 0 Å². The van der Waals surface area contributed by atoms with Gasteiger partial charge in [0.25, 0.3) is 11.1 Å². The molecule has 3 rings (SSSR count). The third-order valence-corrected chi connectivity index (χ3v) is 5.44. The third-order valence-electron chi connectivity index (χ3n) is 2.82. The van der Waals surface area contributed by atoms with Crippen LogP contribution >= 0.6 is 34.9 Å². The van der Waals surface area contributed by atoms with Crippen molar-refractivity contribution < 1.29 is 14.4 Å². The molecule has 22 heavy (non-hydrogen) atoms. The lowest BCUT2D eigenvalue weighted by Crippen LogP contribution is -2.40. The molecule has 1 aromatic heterocycles. The highest BCUT2D eigenvalue weighted by Crippen LogP contribution is 2.32. The van der Waals surface area contributed by atoms with Crippen molar-refractivity contribution in [3.05, 3.63) is 27.3 Å². The van der Waals surface area contributed by atoms with E-state index < -0.39 is 17.1 Å². The molecule has 9 heteroatoms. The van der Waals surface area contributed by atoms with Crippen molar-refractivity contribution >= 4 is 63.2 Å². The van der Waals surface area contributed by atoms with Crippen LogP contribution in [0.3, 0.4) is 0 Å². The molecule has 2 aliphatic rings. The molecular formula is C13H11N3O3S3. The molecule has 0 saturated carbocycles. The zero-order valence-corrected chi connectivity index (χ0v) is 13.7. The second-order valence-corrected chi connectivity index (χ2v) is 7.42. The lowest BCUT2D eigenvalue weighted by molar-refractivity contribution is -0.128. The Morgan fingerprint density at radius 3 is 3.00 bits per heavy atom. The van der Waals surface area contributed by atoms with E-state index in [2.05, 4.69) is 10.3 Å². The van der Waals surface area contributed by atoms with E-state index >= 15 is 0 Å². The standard InChI is InChI=1S/C13H11N3O3S3/c17-10(15-12-14-3-5-21-12)7-16-11(18)9(22-13(16)19)6-8-2-1-4-20-8/h1-2,4,6H,3,5,7H2,(H,14,15,17)/b9-6-. The molecule has 0 aliphatic carbocycles. The first-order valence-corrected chi connectivity index (χ1v) is 9.07. The average Bonchev–Trinajstić information content (AvgIpc) is 3.20. The van der Waals surface area contributed by atoms with Crippen LogP contribution in [0.5, 0.6) is 0 Å². The van der Waals surface area contributed by atoms with Crippen LogP contribution in [0.25, 0.3) is 6.08 Å². The van der Waals surface area contributed by atoms with Gasteiger partial charge in [0.05, 0.1) is 11.4 Å². The van der Waals surface area contributed by atoms with E-state index in [1.54, 1.807) is 6.08 Å². The van der Waals surface area contributed by atoms with E-state index in [-0.39, 0.29) is 6.54 Å². The highest BCUT2D eigenvalue weighted by Gasteiger charge is 2.36. The molecule has 2 aliphatic heterocycles. The molecule has 0 atom stereocenters. The zero-order valence-electron chi connectivity index (χ0n) is 11.3. The topological polar surface area (TPSA) is 78.8 Å². The van der Waals surface area contributed by atoms with Gasteiger partial charge in [0, 0.05) is 10.6 Å². The maximum Gasteiger partial charge on any atom is 0.294 e. The summed E-state index contributed by atoms with van der Waals surface area (Å²) in [6, 6.07) is 3.73. The number of hydrogen-bond acceptors (Lipinski definition) is 7. The van der Waals surface area contributed by atoms with Gasteiger partial charge in [-0.3, -0.25) is 24.3 Å². The summed E-state index contributed by atoms with van der Waals surface area (Å²) < 4.78 is 0. The number of hydrogen-bond donors (Lipinski definition) is 1. The van der Waals surface area contributed by atoms with E-state index in [0.717, 1.165) is 27.3 Å². The van der Waals surface area contributed by atoms with Crippen LogP contribution in [0.2, 0.25) is 0 Å². The van der Waals surface area contributed by atoms with Crippen molar-refractivity contribution in [3.63, 3.8) is 0 Å². The number of amidine groups is 1. The third kappa shape index (κ3) is 3.42. The van der Waals surface area contributed by atoms with E-state index in [4.69, 9.17) is 0 Å². The molecule has 0 bridgehead atoms. The van der Waals surface area contributed by atoms with Crippen LogP contribution in [-0.2, 0) is 9.59 Å². The minimum absolute atomic E-state index is 0.286. The Morgan fingerprint density at radius 1 is 1.45 bits per heavy atom. The summed E-state index contributed by atoms with van der Waals surface area (Å²) in [5, 5.41) is 4.62. The van der Waals surface area contributed by atoms with E-state index in [1.807, 2.05) is 17.5 Å². The number of aliphatic imine (C=N–C) groups is 1. The fourth-order valence-electron chi connectivity index (χ4n) is 1.85. The minimum atomic E-state index is -0.431. The highest BCUT2D eigenvalue weighted by atomic mass is 32.2. The summed E-state index contributed by atoms with van der Waals surface area (Å²) in [4.78, 5) is 42.3. The van der Waals surface area contributed by atoms with E-state index in [0.29, 0.717) is 16.6 Å². The monoisotopic (exact) mass is 353 g/mol. The predicted molar refractivity (Wildman–Crippen MR) is 89.9 cm³/mol. The molecule has 0 spiro atoms. The summed E-state index contributed by atoms with van der Waals surface area (Å²) in [6.45, 7) is 0.386. The van der Waals surface area contributed by atoms with E-state index in [9.17, 15) is 14.4 Å². The van der Waals surface area contributed by atoms with Crippen molar-refractivity contribution in [2.75, 3.05) is 18.8 Å². The van der Waals surface area contributed by atoms with Gasteiger partial charge in [-0.15, -0.1) is 11.3 Å². The van der Waals surface area contributed by atoms with Gasteiger partial charge in [-0.25, -0.2) is 0 Å². The van der Waals surface area contributed by atoms with Crippen LogP contribution in [0.4, 0.5) is 4.79 Å². The average molecular weight is 353 g/mol. The first kappa shape index (κ1) is 15.3. The van der Waals surface area contributed by atoms with Crippen LogP contribution in [0.1, 0.15) is 4.88 Å². The van der Waals surface area contributed by atoms with Gasteiger partial charge in [-0.2, -0.15) is 0 Å². The fraction of sp³-hybridized carbons (Fsp3) is 0.231. The Hall–Kier alpha value is -1.58. The fourth-order valence-corrected chi connectivity index (χ4v) is 4.16. The lowest BCUT2D eigenvalue weighted by Gasteiger charge is -2.11. The first-order valence-electron chi connectivity index (χ1n) is 6.39. The second-order valence-electron chi connectivity index (χ2n) is 4.37. The van der Waals surface area contributed by atoms with Gasteiger partial charge < -0.3 is 5.32 Å². The molecule has 114 valence electrons. The SMILES string of the molecule is O=C(CN1C(=O)S/C(=C\c2cccs2)C1=O)NC1=NCCS1. The number of rotatable bonds is 3. The van der Waals surface area contributed by atoms with Gasteiger partial charge >= 0.3 is 0 Å². The van der Waals surface area contributed by atoms with E-state index in [1.165, 1.54) is 23.1 Å². The van der Waals surface area contributed by atoms with Gasteiger partial charge in [-0.05, 0) is 29.3 Å². The number of carbonyl (C=O) groups excluding carboxylic acids is 3. The Balaban J connectivity index is 1.65. The van der Waals surface area contributed by atoms with Crippen LogP contribution in [-0.4, -0.2) is 46.0 Å². The molecule has 1 aromatic rings. The zero-order chi connectivity index (χ0) is 15.5. The Morgan fingerprint density at radius 2 is 2.32 bits per heavy atom. The van der Waals surface area contributed by atoms with Crippen molar-refractivity contribution in [1.82, 2.24) is 10.2 Å². The quantitative estimate of drug-likeness (QED) is 0.841. The smallest absolute Gasteiger partial charge is 0.294 e. The number of thiophene rings is 1. The molecular weight excluding hydrogens is 342 g/mol. The maximum absolute atomic E-state index is 12.2. The van der Waals surface area contributed by atoms with Gasteiger partial charge in [0.1, 0.15) is 6.54 Å². The number of nitrogens with one attached hydrogen (secondary N) is 1. The molecule has 1 N–H and O–H groups in total. The predicted octanol–water partition coefficient (Wildman–Crippen LogP) is 2.00. The normalized spacial score (nSPS) is 19.9. The molecule has 0 aromatic carbocycles. The summed E-state index contributed by atoms with van der Waals surface area (Å²) >= 11 is 3.78. The van der Waals surface area contributed by atoms with Gasteiger partial charge in [0.2, 0.25) is 5.91 Å². The number of amides is 3. The van der Waals surface area contributed by atoms with Crippen molar-refractivity contribution in [2.45, 2.75) is 0 Å². The summed E-state index contributed by atoms with van der Waals surface area (Å²) in [7, 11) is 0. The molecule has 1 saturated heterocycles.